The Kier molecular flexibility index (Phi) is 19.0. The van der Waals surface area contributed by atoms with Gasteiger partial charge in [0.2, 0.25) is 11.7 Å². The lowest BCUT2D eigenvalue weighted by molar-refractivity contribution is -0.286. The first-order valence-corrected chi connectivity index (χ1v) is 23.4. The minimum atomic E-state index is -2.80. The summed E-state index contributed by atoms with van der Waals surface area (Å²) in [5, 5.41) is 48.5. The first-order valence-electron chi connectivity index (χ1n) is 23.4. The van der Waals surface area contributed by atoms with Gasteiger partial charge in [0, 0.05) is 62.3 Å². The second-order valence-corrected chi connectivity index (χ2v) is 19.0. The predicted octanol–water partition coefficient (Wildman–Crippen LogP) is 3.59. The molecule has 17 heteroatoms. The Balaban J connectivity index is 1.52. The van der Waals surface area contributed by atoms with Crippen LogP contribution in [0.2, 0.25) is 0 Å². The molecular weight excluding hydrogens is 855 g/mol. The van der Waals surface area contributed by atoms with E-state index in [1.54, 1.807) is 51.2 Å². The molecule has 3 aliphatic heterocycles. The zero-order valence-corrected chi connectivity index (χ0v) is 38.8. The molecule has 2 bridgehead atoms. The SMILES string of the molecule is CO[C@@H]1C[C@H](/C=C(\C)[C@H]2OC(=O)[C@@H]3CCCCN3C(=O)C(=O)[C@]3(O)O[C@H]([C@@H](O)C[C@@H](C=O)C/C(C)=C/[C@@H](CCCC(=O)Nc4ccccn4)C(=O)C[C@H](O)[C@H]2C)[C@@H](C=O)C[C@H]3C)CC[C@H]1O. The van der Waals surface area contributed by atoms with Crippen molar-refractivity contribution in [3.8, 4) is 0 Å². The number of cyclic esters (lactones) is 1. The molecule has 5 N–H and O–H groups in total. The summed E-state index contributed by atoms with van der Waals surface area (Å²) >= 11 is 0. The van der Waals surface area contributed by atoms with Crippen LogP contribution in [0.15, 0.2) is 47.7 Å². The van der Waals surface area contributed by atoms with Crippen LogP contribution >= 0.6 is 0 Å². The van der Waals surface area contributed by atoms with Crippen molar-refractivity contribution in [2.45, 2.75) is 160 Å². The monoisotopic (exact) mass is 923 g/mol. The van der Waals surface area contributed by atoms with Crippen molar-refractivity contribution in [2.24, 2.45) is 35.5 Å². The average molecular weight is 924 g/mol. The van der Waals surface area contributed by atoms with Gasteiger partial charge >= 0.3 is 5.97 Å². The Bertz CT molecular complexity index is 1940. The molecule has 4 heterocycles. The van der Waals surface area contributed by atoms with Gasteiger partial charge in [-0.3, -0.25) is 19.2 Å². The second kappa shape index (κ2) is 24.0. The number of rotatable bonds is 10. The molecule has 66 heavy (non-hydrogen) atoms. The molecule has 2 amide bonds. The normalized spacial score (nSPS) is 36.7. The maximum absolute atomic E-state index is 14.4. The Morgan fingerprint density at radius 3 is 2.41 bits per heavy atom. The quantitative estimate of drug-likeness (QED) is 0.0973. The third-order valence-electron chi connectivity index (χ3n) is 14.0. The molecule has 17 nitrogen and oxygen atoms in total. The standard InChI is InChI=1S/C49H69N3O14/c1-28-19-33(26-53)23-40(58)45-35(27-54)22-30(3)49(63,66-45)46(60)47(61)52-18-9-7-12-36(52)48(62)65-44(29(2)21-32-15-16-37(55)41(24-32)64-5)31(4)38(56)25-39(57)34(20-28)11-10-14-43(59)51-42-13-6-8-17-50-42/h6,8,13,17,20-21,26-27,30-38,40-41,44-45,55-56,58,63H,7,9-12,14-16,18-19,22-25H2,1-5H3,(H,50,51,59)/b28-20+,29-21+/t30-,31-,32+,33+,34-,35-,36+,37-,38+,40+,41-,44-,45+,49-/m1/s1. The van der Waals surface area contributed by atoms with Gasteiger partial charge in [-0.2, -0.15) is 0 Å². The average Bonchev–Trinajstić information content (AvgIpc) is 3.30. The summed E-state index contributed by atoms with van der Waals surface area (Å²) in [6, 6.07) is 3.82. The highest BCUT2D eigenvalue weighted by Gasteiger charge is 2.56. The minimum absolute atomic E-state index is 0.0354. The highest BCUT2D eigenvalue weighted by Crippen LogP contribution is 2.40. The number of allylic oxidation sites excluding steroid dienone is 3. The number of anilines is 1. The van der Waals surface area contributed by atoms with Gasteiger partial charge in [0.1, 0.15) is 36.3 Å². The van der Waals surface area contributed by atoms with Gasteiger partial charge < -0.3 is 54.4 Å². The molecule has 3 fully saturated rings. The number of pyridine rings is 1. The number of fused-ring (bicyclic) bond motifs is 3. The fourth-order valence-corrected chi connectivity index (χ4v) is 10.1. The van der Waals surface area contributed by atoms with E-state index in [-0.39, 0.29) is 75.5 Å². The van der Waals surface area contributed by atoms with E-state index in [0.29, 0.717) is 61.6 Å². The predicted molar refractivity (Wildman–Crippen MR) is 239 cm³/mol. The number of hydrogen-bond donors (Lipinski definition) is 5. The molecule has 364 valence electrons. The number of methoxy groups -OCH3 is 1. The number of aliphatic hydroxyl groups is 4. The Hall–Kier alpha value is -4.52. The lowest BCUT2D eigenvalue weighted by Crippen LogP contribution is -2.63. The zero-order valence-electron chi connectivity index (χ0n) is 38.8. The fourth-order valence-electron chi connectivity index (χ4n) is 10.1. The summed E-state index contributed by atoms with van der Waals surface area (Å²) in [5.74, 6) is -11.4. The fraction of sp³-hybridized carbons (Fsp3) is 0.673. The third kappa shape index (κ3) is 13.1. The molecule has 1 aromatic heterocycles. The number of nitrogens with one attached hydrogen (secondary N) is 1. The Morgan fingerprint density at radius 1 is 0.970 bits per heavy atom. The smallest absolute Gasteiger partial charge is 0.329 e. The highest BCUT2D eigenvalue weighted by molar-refractivity contribution is 6.39. The molecular formula is C49H69N3O14. The first-order chi connectivity index (χ1) is 31.4. The van der Waals surface area contributed by atoms with E-state index in [0.717, 1.165) is 4.90 Å². The molecule has 1 saturated carbocycles. The number of hydrogen-bond acceptors (Lipinski definition) is 15. The number of esters is 1. The summed E-state index contributed by atoms with van der Waals surface area (Å²) in [6.07, 6.45) is 2.07. The molecule has 0 spiro atoms. The molecule has 14 atom stereocenters. The number of carbonyl (C=O) groups excluding carboxylic acids is 7. The minimum Gasteiger partial charge on any atom is -0.456 e. The zero-order chi connectivity index (χ0) is 48.3. The summed E-state index contributed by atoms with van der Waals surface area (Å²) in [7, 11) is 1.52. The van der Waals surface area contributed by atoms with Gasteiger partial charge in [0.25, 0.3) is 11.7 Å². The van der Waals surface area contributed by atoms with Crippen molar-refractivity contribution in [2.75, 3.05) is 19.0 Å². The van der Waals surface area contributed by atoms with Crippen LogP contribution in [0.1, 0.15) is 111 Å². The van der Waals surface area contributed by atoms with Crippen LogP contribution in [-0.2, 0) is 47.8 Å². The largest absolute Gasteiger partial charge is 0.456 e. The van der Waals surface area contributed by atoms with Crippen molar-refractivity contribution < 1.29 is 68.2 Å². The van der Waals surface area contributed by atoms with Crippen LogP contribution in [0.25, 0.3) is 0 Å². The van der Waals surface area contributed by atoms with E-state index in [1.165, 1.54) is 14.0 Å². The Labute approximate surface area is 386 Å². The molecule has 2 saturated heterocycles. The second-order valence-electron chi connectivity index (χ2n) is 19.0. The van der Waals surface area contributed by atoms with Gasteiger partial charge in [0.05, 0.1) is 30.5 Å². The summed E-state index contributed by atoms with van der Waals surface area (Å²) in [4.78, 5) is 100. The number of aromatic nitrogens is 1. The van der Waals surface area contributed by atoms with Gasteiger partial charge in [-0.25, -0.2) is 9.78 Å². The Morgan fingerprint density at radius 2 is 1.73 bits per heavy atom. The molecule has 0 unspecified atom stereocenters. The summed E-state index contributed by atoms with van der Waals surface area (Å²) in [6.45, 7) is 6.50. The van der Waals surface area contributed by atoms with Crippen LogP contribution in [0, 0.1) is 35.5 Å². The molecule has 0 aromatic carbocycles. The van der Waals surface area contributed by atoms with E-state index in [4.69, 9.17) is 14.2 Å². The van der Waals surface area contributed by atoms with E-state index < -0.39 is 95.7 Å². The molecule has 0 radical (unpaired) electrons. The molecule has 4 aliphatic rings. The van der Waals surface area contributed by atoms with E-state index in [9.17, 15) is 54.0 Å². The van der Waals surface area contributed by atoms with Crippen LogP contribution in [-0.4, -0.2) is 134 Å². The van der Waals surface area contributed by atoms with Crippen molar-refractivity contribution in [3.63, 3.8) is 0 Å². The highest BCUT2D eigenvalue weighted by atomic mass is 16.6. The van der Waals surface area contributed by atoms with Crippen LogP contribution in [0.3, 0.4) is 0 Å². The molecule has 1 aromatic rings. The summed E-state index contributed by atoms with van der Waals surface area (Å²) in [5.41, 5.74) is 1.14. The van der Waals surface area contributed by atoms with Crippen LogP contribution in [0.4, 0.5) is 5.82 Å². The number of nitrogens with zero attached hydrogens (tertiary/aromatic N) is 2. The van der Waals surface area contributed by atoms with Crippen molar-refractivity contribution >= 4 is 47.7 Å². The van der Waals surface area contributed by atoms with Crippen molar-refractivity contribution in [3.05, 3.63) is 47.7 Å². The number of Topliss-reactive ketones (excluding diaryl/α,β-unsaturated/α-hetero) is 2. The van der Waals surface area contributed by atoms with Crippen LogP contribution < -0.4 is 5.32 Å². The van der Waals surface area contributed by atoms with Crippen molar-refractivity contribution in [1.29, 1.82) is 0 Å². The number of ether oxygens (including phenoxy) is 3. The van der Waals surface area contributed by atoms with Gasteiger partial charge in [-0.15, -0.1) is 0 Å². The lowest BCUT2D eigenvalue weighted by Gasteiger charge is -2.45. The van der Waals surface area contributed by atoms with E-state index in [1.807, 2.05) is 6.08 Å². The van der Waals surface area contributed by atoms with Gasteiger partial charge in [0.15, 0.2) is 0 Å². The van der Waals surface area contributed by atoms with E-state index in [2.05, 4.69) is 10.3 Å². The number of ketones is 2. The van der Waals surface area contributed by atoms with Gasteiger partial charge in [-0.05, 0) is 108 Å². The van der Waals surface area contributed by atoms with E-state index >= 15 is 0 Å². The van der Waals surface area contributed by atoms with Gasteiger partial charge in [-0.1, -0.05) is 37.6 Å². The maximum atomic E-state index is 14.4. The maximum Gasteiger partial charge on any atom is 0.329 e. The number of carbonyl (C=O) groups is 7. The first kappa shape index (κ1) is 52.4. The summed E-state index contributed by atoms with van der Waals surface area (Å²) < 4.78 is 17.7. The molecule has 1 aliphatic carbocycles. The number of piperidine rings is 1. The molecule has 5 rings (SSSR count). The lowest BCUT2D eigenvalue weighted by atomic mass is 9.78. The number of aliphatic hydroxyl groups excluding tert-OH is 3. The third-order valence-corrected chi connectivity index (χ3v) is 14.0. The number of aldehydes is 2. The van der Waals surface area contributed by atoms with Crippen LogP contribution in [0.5, 0.6) is 0 Å². The topological polar surface area (TPSA) is 256 Å². The van der Waals surface area contributed by atoms with Crippen molar-refractivity contribution in [1.82, 2.24) is 9.88 Å². The number of amides is 2.